The molecule has 0 bridgehead atoms. The number of rotatable bonds is 3. The maximum atomic E-state index is 9.75. The molecule has 2 aromatic rings. The molecule has 0 aromatic heterocycles. The molecule has 0 saturated carbocycles. The van der Waals surface area contributed by atoms with Crippen LogP contribution in [0.3, 0.4) is 0 Å². The number of hydrogen-bond acceptors (Lipinski definition) is 2. The molecule has 2 aromatic carbocycles. The summed E-state index contributed by atoms with van der Waals surface area (Å²) in [7, 11) is 0. The first-order valence-electron chi connectivity index (χ1n) is 4.84. The Morgan fingerprint density at radius 2 is 1.88 bits per heavy atom. The third-order valence-corrected chi connectivity index (χ3v) is 2.44. The predicted molar refractivity (Wildman–Crippen MR) is 69.2 cm³/mol. The molecule has 2 nitrogen and oxygen atoms in total. The molecule has 0 saturated heterocycles. The number of halogens is 1. The van der Waals surface area contributed by atoms with Gasteiger partial charge in [-0.3, -0.25) is 0 Å². The van der Waals surface area contributed by atoms with Gasteiger partial charge in [0.05, 0.1) is 0 Å². The quantitative estimate of drug-likeness (QED) is 0.925. The summed E-state index contributed by atoms with van der Waals surface area (Å²) in [6.07, 6.45) is 0. The summed E-state index contributed by atoms with van der Waals surface area (Å²) in [4.78, 5) is 0. The third-order valence-electron chi connectivity index (χ3n) is 2.21. The number of benzene rings is 2. The second-order valence-electron chi connectivity index (χ2n) is 3.47. The van der Waals surface area contributed by atoms with Gasteiger partial charge in [-0.25, -0.2) is 0 Å². The molecule has 0 amide bonds. The lowest BCUT2D eigenvalue weighted by molar-refractivity contribution is 0.335. The van der Waals surface area contributed by atoms with Crippen molar-refractivity contribution in [3.05, 3.63) is 47.5 Å². The second kappa shape index (κ2) is 4.58. The number of phenols is 1. The normalized spacial score (nSPS) is 10.3. The van der Waals surface area contributed by atoms with Crippen molar-refractivity contribution in [1.29, 1.82) is 0 Å². The Bertz CT molecular complexity index is 534. The summed E-state index contributed by atoms with van der Waals surface area (Å²) in [6, 6.07) is 11.3. The minimum Gasteiger partial charge on any atom is -0.504 e. The fourth-order valence-corrected chi connectivity index (χ4v) is 1.59. The van der Waals surface area contributed by atoms with Crippen LogP contribution in [0.4, 0.5) is 0 Å². The van der Waals surface area contributed by atoms with Crippen molar-refractivity contribution < 1.29 is 9.84 Å². The van der Waals surface area contributed by atoms with Crippen molar-refractivity contribution >= 4 is 26.7 Å². The Hall–Kier alpha value is -1.48. The van der Waals surface area contributed by atoms with Crippen LogP contribution in [0.1, 0.15) is 0 Å². The number of fused-ring (bicyclic) bond motifs is 1. The SMILES string of the molecule is C=C(Br)COc1cc2ccccc2cc1O. The summed E-state index contributed by atoms with van der Waals surface area (Å²) < 4.78 is 6.15. The molecule has 0 atom stereocenters. The summed E-state index contributed by atoms with van der Waals surface area (Å²) in [5.74, 6) is 0.617. The van der Waals surface area contributed by atoms with Crippen LogP contribution in [0.2, 0.25) is 0 Å². The average Bonchev–Trinajstić information content (AvgIpc) is 2.26. The summed E-state index contributed by atoms with van der Waals surface area (Å²) >= 11 is 3.21. The van der Waals surface area contributed by atoms with E-state index in [1.165, 1.54) is 0 Å². The van der Waals surface area contributed by atoms with Crippen molar-refractivity contribution in [2.45, 2.75) is 0 Å². The highest BCUT2D eigenvalue weighted by atomic mass is 79.9. The molecule has 1 N–H and O–H groups in total. The zero-order valence-corrected chi connectivity index (χ0v) is 10.2. The summed E-state index contributed by atoms with van der Waals surface area (Å²) in [5.41, 5.74) is 0. The first kappa shape index (κ1) is 11.0. The molecule has 0 radical (unpaired) electrons. The topological polar surface area (TPSA) is 29.5 Å². The molecule has 0 spiro atoms. The summed E-state index contributed by atoms with van der Waals surface area (Å²) in [6.45, 7) is 4.01. The van der Waals surface area contributed by atoms with Gasteiger partial charge in [-0.1, -0.05) is 46.8 Å². The maximum Gasteiger partial charge on any atom is 0.162 e. The van der Waals surface area contributed by atoms with Crippen LogP contribution >= 0.6 is 15.9 Å². The zero-order chi connectivity index (χ0) is 11.5. The van der Waals surface area contributed by atoms with Gasteiger partial charge in [-0.05, 0) is 22.9 Å². The monoisotopic (exact) mass is 278 g/mol. The molecule has 16 heavy (non-hydrogen) atoms. The minimum absolute atomic E-state index is 0.146. The van der Waals surface area contributed by atoms with Crippen LogP contribution in [0.5, 0.6) is 11.5 Å². The molecule has 0 unspecified atom stereocenters. The first-order valence-corrected chi connectivity index (χ1v) is 5.64. The smallest absolute Gasteiger partial charge is 0.162 e. The third kappa shape index (κ3) is 2.36. The van der Waals surface area contributed by atoms with Gasteiger partial charge in [0.1, 0.15) is 6.61 Å². The number of phenolic OH excluding ortho intramolecular Hbond substituents is 1. The van der Waals surface area contributed by atoms with E-state index < -0.39 is 0 Å². The van der Waals surface area contributed by atoms with Gasteiger partial charge in [-0.15, -0.1) is 0 Å². The van der Waals surface area contributed by atoms with Crippen LogP contribution in [0, 0.1) is 0 Å². The highest BCUT2D eigenvalue weighted by Gasteiger charge is 2.04. The van der Waals surface area contributed by atoms with Crippen LogP contribution in [0.15, 0.2) is 47.5 Å². The van der Waals surface area contributed by atoms with E-state index in [4.69, 9.17) is 4.74 Å². The van der Waals surface area contributed by atoms with E-state index in [-0.39, 0.29) is 5.75 Å². The van der Waals surface area contributed by atoms with Gasteiger partial charge in [0.2, 0.25) is 0 Å². The molecule has 0 fully saturated rings. The van der Waals surface area contributed by atoms with Gasteiger partial charge < -0.3 is 9.84 Å². The number of ether oxygens (including phenoxy) is 1. The largest absolute Gasteiger partial charge is 0.504 e. The van der Waals surface area contributed by atoms with E-state index in [1.54, 1.807) is 6.07 Å². The molecule has 3 heteroatoms. The number of aromatic hydroxyl groups is 1. The van der Waals surface area contributed by atoms with Gasteiger partial charge in [0, 0.05) is 4.48 Å². The van der Waals surface area contributed by atoms with E-state index in [9.17, 15) is 5.11 Å². The molecule has 2 rings (SSSR count). The molecular formula is C13H11BrO2. The van der Waals surface area contributed by atoms with Crippen LogP contribution in [-0.2, 0) is 0 Å². The van der Waals surface area contributed by atoms with Gasteiger partial charge >= 0.3 is 0 Å². The standard InChI is InChI=1S/C13H11BrO2/c1-9(14)8-16-13-7-11-5-3-2-4-10(11)6-12(13)15/h2-7,15H,1,8H2. The Morgan fingerprint density at radius 3 is 2.50 bits per heavy atom. The van der Waals surface area contributed by atoms with Crippen molar-refractivity contribution in [2.75, 3.05) is 6.61 Å². The fraction of sp³-hybridized carbons (Fsp3) is 0.0769. The molecule has 82 valence electrons. The molecule has 0 aliphatic rings. The van der Waals surface area contributed by atoms with Gasteiger partial charge in [-0.2, -0.15) is 0 Å². The van der Waals surface area contributed by atoms with Crippen molar-refractivity contribution in [2.24, 2.45) is 0 Å². The van der Waals surface area contributed by atoms with Crippen molar-refractivity contribution in [1.82, 2.24) is 0 Å². The lowest BCUT2D eigenvalue weighted by atomic mass is 10.1. The molecule has 0 aliphatic carbocycles. The van der Waals surface area contributed by atoms with Crippen LogP contribution < -0.4 is 4.74 Å². The predicted octanol–water partition coefficient (Wildman–Crippen LogP) is 3.83. The van der Waals surface area contributed by atoms with Gasteiger partial charge in [0.25, 0.3) is 0 Å². The van der Waals surface area contributed by atoms with Crippen molar-refractivity contribution in [3.8, 4) is 11.5 Å². The lowest BCUT2D eigenvalue weighted by Gasteiger charge is -2.08. The van der Waals surface area contributed by atoms with E-state index >= 15 is 0 Å². The Labute approximate surface area is 102 Å². The highest BCUT2D eigenvalue weighted by molar-refractivity contribution is 9.11. The molecule has 0 heterocycles. The second-order valence-corrected chi connectivity index (χ2v) is 4.59. The van der Waals surface area contributed by atoms with Crippen LogP contribution in [-0.4, -0.2) is 11.7 Å². The van der Waals surface area contributed by atoms with E-state index in [2.05, 4.69) is 22.5 Å². The molecule has 0 aliphatic heterocycles. The van der Waals surface area contributed by atoms with Gasteiger partial charge in [0.15, 0.2) is 11.5 Å². The Morgan fingerprint density at radius 1 is 1.25 bits per heavy atom. The van der Waals surface area contributed by atoms with Crippen molar-refractivity contribution in [3.63, 3.8) is 0 Å². The Kier molecular flexibility index (Phi) is 3.15. The van der Waals surface area contributed by atoms with E-state index in [1.807, 2.05) is 30.3 Å². The highest BCUT2D eigenvalue weighted by Crippen LogP contribution is 2.31. The zero-order valence-electron chi connectivity index (χ0n) is 8.61. The van der Waals surface area contributed by atoms with Crippen LogP contribution in [0.25, 0.3) is 10.8 Å². The maximum absolute atomic E-state index is 9.75. The van der Waals surface area contributed by atoms with E-state index in [0.717, 1.165) is 15.3 Å². The first-order chi connectivity index (χ1) is 7.66. The fourth-order valence-electron chi connectivity index (χ4n) is 1.48. The number of hydrogen-bond donors (Lipinski definition) is 1. The summed E-state index contributed by atoms with van der Waals surface area (Å²) in [5, 5.41) is 11.8. The average molecular weight is 279 g/mol. The molecular weight excluding hydrogens is 268 g/mol. The Balaban J connectivity index is 2.38. The lowest BCUT2D eigenvalue weighted by Crippen LogP contribution is -1.96. The van der Waals surface area contributed by atoms with E-state index in [0.29, 0.717) is 12.4 Å². The minimum atomic E-state index is 0.146.